The minimum atomic E-state index is 0.434. The maximum atomic E-state index is 2.62. The monoisotopic (exact) mass is 311 g/mol. The SMILES string of the molecule is CCN(CCCCCCCCCCC(C)(C)C)CC(C)(C)C. The molecule has 0 saturated carbocycles. The number of hydrogen-bond donors (Lipinski definition) is 0. The zero-order valence-corrected chi connectivity index (χ0v) is 16.9. The molecule has 0 aromatic carbocycles. The molecule has 0 aromatic rings. The van der Waals surface area contributed by atoms with Gasteiger partial charge in [-0.1, -0.05) is 93.4 Å². The number of rotatable bonds is 12. The largest absolute Gasteiger partial charge is 0.303 e. The molecule has 0 radical (unpaired) electrons. The zero-order chi connectivity index (χ0) is 17.1. The summed E-state index contributed by atoms with van der Waals surface area (Å²) in [6.45, 7) is 20.1. The van der Waals surface area contributed by atoms with E-state index in [0.29, 0.717) is 10.8 Å². The molecule has 0 bridgehead atoms. The third-order valence-electron chi connectivity index (χ3n) is 4.30. The first-order chi connectivity index (χ1) is 10.1. The van der Waals surface area contributed by atoms with Gasteiger partial charge in [0, 0.05) is 6.54 Å². The predicted octanol–water partition coefficient (Wildman–Crippen LogP) is 6.91. The summed E-state index contributed by atoms with van der Waals surface area (Å²) < 4.78 is 0. The second kappa shape index (κ2) is 11.5. The van der Waals surface area contributed by atoms with E-state index in [1.165, 1.54) is 77.4 Å². The van der Waals surface area contributed by atoms with Crippen LogP contribution in [0.15, 0.2) is 0 Å². The average molecular weight is 312 g/mol. The van der Waals surface area contributed by atoms with Crippen molar-refractivity contribution < 1.29 is 0 Å². The van der Waals surface area contributed by atoms with Gasteiger partial charge in [-0.05, 0) is 36.8 Å². The zero-order valence-electron chi connectivity index (χ0n) is 16.9. The summed E-state index contributed by atoms with van der Waals surface area (Å²) in [6, 6.07) is 0. The third-order valence-corrected chi connectivity index (χ3v) is 4.30. The van der Waals surface area contributed by atoms with Crippen LogP contribution in [0.25, 0.3) is 0 Å². The average Bonchev–Trinajstić information content (AvgIpc) is 2.36. The van der Waals surface area contributed by atoms with Crippen molar-refractivity contribution in [2.24, 2.45) is 10.8 Å². The summed E-state index contributed by atoms with van der Waals surface area (Å²) in [5, 5.41) is 0. The van der Waals surface area contributed by atoms with Crippen molar-refractivity contribution in [2.75, 3.05) is 19.6 Å². The molecule has 0 heterocycles. The Hall–Kier alpha value is -0.0400. The Labute approximate surface area is 142 Å². The quantitative estimate of drug-likeness (QED) is 0.354. The first kappa shape index (κ1) is 22.0. The standard InChI is InChI=1S/C21H45N/c1-8-22(19-21(5,6)7)18-16-14-12-10-9-11-13-15-17-20(2,3)4/h8-19H2,1-7H3. The van der Waals surface area contributed by atoms with Gasteiger partial charge in [0.05, 0.1) is 0 Å². The number of nitrogens with zero attached hydrogens (tertiary/aromatic N) is 1. The maximum absolute atomic E-state index is 2.62. The van der Waals surface area contributed by atoms with Crippen LogP contribution >= 0.6 is 0 Å². The third kappa shape index (κ3) is 16.3. The van der Waals surface area contributed by atoms with Gasteiger partial charge in [-0.3, -0.25) is 0 Å². The molecular formula is C21H45N. The Morgan fingerprint density at radius 2 is 1.05 bits per heavy atom. The number of unbranched alkanes of at least 4 members (excludes halogenated alkanes) is 7. The Morgan fingerprint density at radius 1 is 0.591 bits per heavy atom. The van der Waals surface area contributed by atoms with E-state index in [4.69, 9.17) is 0 Å². The first-order valence-electron chi connectivity index (χ1n) is 9.86. The van der Waals surface area contributed by atoms with Crippen molar-refractivity contribution in [2.45, 2.75) is 106 Å². The molecule has 0 N–H and O–H groups in total. The van der Waals surface area contributed by atoms with Crippen molar-refractivity contribution in [1.82, 2.24) is 4.90 Å². The fraction of sp³-hybridized carbons (Fsp3) is 1.00. The van der Waals surface area contributed by atoms with E-state index in [0.717, 1.165) is 0 Å². The molecule has 0 aliphatic rings. The lowest BCUT2D eigenvalue weighted by Gasteiger charge is -2.28. The minimum absolute atomic E-state index is 0.434. The molecule has 0 rings (SSSR count). The van der Waals surface area contributed by atoms with Gasteiger partial charge in [-0.2, -0.15) is 0 Å². The Balaban J connectivity index is 3.39. The molecule has 0 unspecified atom stereocenters. The van der Waals surface area contributed by atoms with E-state index in [1.54, 1.807) is 0 Å². The highest BCUT2D eigenvalue weighted by molar-refractivity contribution is 4.68. The molecule has 0 fully saturated rings. The number of hydrogen-bond acceptors (Lipinski definition) is 1. The second-order valence-electron chi connectivity index (χ2n) is 9.57. The molecule has 1 heteroatoms. The highest BCUT2D eigenvalue weighted by atomic mass is 15.1. The van der Waals surface area contributed by atoms with Crippen LogP contribution < -0.4 is 0 Å². The van der Waals surface area contributed by atoms with Crippen molar-refractivity contribution in [3.63, 3.8) is 0 Å². The minimum Gasteiger partial charge on any atom is -0.303 e. The van der Waals surface area contributed by atoms with Gasteiger partial charge in [0.1, 0.15) is 0 Å². The van der Waals surface area contributed by atoms with Crippen LogP contribution in [0, 0.1) is 10.8 Å². The van der Waals surface area contributed by atoms with Crippen LogP contribution in [0.1, 0.15) is 106 Å². The van der Waals surface area contributed by atoms with Crippen LogP contribution in [-0.2, 0) is 0 Å². The molecule has 0 atom stereocenters. The molecular weight excluding hydrogens is 266 g/mol. The Morgan fingerprint density at radius 3 is 1.45 bits per heavy atom. The van der Waals surface area contributed by atoms with Crippen molar-refractivity contribution in [1.29, 1.82) is 0 Å². The molecule has 0 aliphatic carbocycles. The van der Waals surface area contributed by atoms with E-state index in [9.17, 15) is 0 Å². The lowest BCUT2D eigenvalue weighted by atomic mass is 9.89. The van der Waals surface area contributed by atoms with E-state index in [1.807, 2.05) is 0 Å². The van der Waals surface area contributed by atoms with Gasteiger partial charge in [-0.25, -0.2) is 0 Å². The lowest BCUT2D eigenvalue weighted by Crippen LogP contribution is -2.33. The van der Waals surface area contributed by atoms with Gasteiger partial charge < -0.3 is 4.90 Å². The van der Waals surface area contributed by atoms with Crippen LogP contribution in [0.5, 0.6) is 0 Å². The van der Waals surface area contributed by atoms with Gasteiger partial charge in [-0.15, -0.1) is 0 Å². The molecule has 0 amide bonds. The summed E-state index contributed by atoms with van der Waals surface area (Å²) in [5.41, 5.74) is 0.960. The molecule has 0 spiro atoms. The predicted molar refractivity (Wildman–Crippen MR) is 103 cm³/mol. The summed E-state index contributed by atoms with van der Waals surface area (Å²) in [7, 11) is 0. The summed E-state index contributed by atoms with van der Waals surface area (Å²) in [4.78, 5) is 2.62. The summed E-state index contributed by atoms with van der Waals surface area (Å²) in [6.07, 6.45) is 12.8. The Kier molecular flexibility index (Phi) is 11.5. The van der Waals surface area contributed by atoms with Gasteiger partial charge >= 0.3 is 0 Å². The fourth-order valence-electron chi connectivity index (χ4n) is 3.07. The van der Waals surface area contributed by atoms with Gasteiger partial charge in [0.2, 0.25) is 0 Å². The maximum Gasteiger partial charge on any atom is 0.00299 e. The van der Waals surface area contributed by atoms with Crippen molar-refractivity contribution >= 4 is 0 Å². The van der Waals surface area contributed by atoms with Crippen LogP contribution in [0.3, 0.4) is 0 Å². The van der Waals surface area contributed by atoms with Crippen molar-refractivity contribution in [3.8, 4) is 0 Å². The molecule has 22 heavy (non-hydrogen) atoms. The van der Waals surface area contributed by atoms with Crippen LogP contribution in [0.2, 0.25) is 0 Å². The van der Waals surface area contributed by atoms with Gasteiger partial charge in [0.15, 0.2) is 0 Å². The second-order valence-corrected chi connectivity index (χ2v) is 9.57. The van der Waals surface area contributed by atoms with E-state index >= 15 is 0 Å². The normalized spacial score (nSPS) is 13.1. The van der Waals surface area contributed by atoms with E-state index in [-0.39, 0.29) is 0 Å². The Bertz CT molecular complexity index is 244. The van der Waals surface area contributed by atoms with Crippen LogP contribution in [-0.4, -0.2) is 24.5 Å². The molecule has 0 saturated heterocycles. The molecule has 0 aliphatic heterocycles. The first-order valence-corrected chi connectivity index (χ1v) is 9.86. The molecule has 0 aromatic heterocycles. The molecule has 1 nitrogen and oxygen atoms in total. The van der Waals surface area contributed by atoms with Gasteiger partial charge in [0.25, 0.3) is 0 Å². The topological polar surface area (TPSA) is 3.24 Å². The lowest BCUT2D eigenvalue weighted by molar-refractivity contribution is 0.196. The van der Waals surface area contributed by atoms with E-state index < -0.39 is 0 Å². The summed E-state index contributed by atoms with van der Waals surface area (Å²) in [5.74, 6) is 0. The van der Waals surface area contributed by atoms with Crippen molar-refractivity contribution in [3.05, 3.63) is 0 Å². The smallest absolute Gasteiger partial charge is 0.00299 e. The highest BCUT2D eigenvalue weighted by Gasteiger charge is 2.14. The fourth-order valence-corrected chi connectivity index (χ4v) is 3.07. The summed E-state index contributed by atoms with van der Waals surface area (Å²) >= 11 is 0. The van der Waals surface area contributed by atoms with E-state index in [2.05, 4.69) is 53.4 Å². The highest BCUT2D eigenvalue weighted by Crippen LogP contribution is 2.22. The molecule has 134 valence electrons. The van der Waals surface area contributed by atoms with Crippen LogP contribution in [0.4, 0.5) is 0 Å².